The van der Waals surface area contributed by atoms with Gasteiger partial charge in [-0.15, -0.1) is 0 Å². The van der Waals surface area contributed by atoms with E-state index in [0.717, 1.165) is 18.0 Å². The number of ether oxygens (including phenoxy) is 2. The van der Waals surface area contributed by atoms with Crippen LogP contribution in [0.3, 0.4) is 0 Å². The largest absolute Gasteiger partial charge is 0.497 e. The molecule has 0 saturated carbocycles. The molecule has 5 rings (SSSR count). The second-order valence-electron chi connectivity index (χ2n) is 9.16. The third-order valence-corrected chi connectivity index (χ3v) is 6.58. The maximum absolute atomic E-state index is 5.96. The van der Waals surface area contributed by atoms with Crippen molar-refractivity contribution in [3.63, 3.8) is 0 Å². The Labute approximate surface area is 207 Å². The van der Waals surface area contributed by atoms with Crippen molar-refractivity contribution in [3.8, 4) is 11.5 Å². The fourth-order valence-electron chi connectivity index (χ4n) is 4.77. The van der Waals surface area contributed by atoms with Crippen molar-refractivity contribution in [1.82, 2.24) is 4.90 Å². The van der Waals surface area contributed by atoms with E-state index in [1.807, 2.05) is 12.1 Å². The Kier molecular flexibility index (Phi) is 6.69. The summed E-state index contributed by atoms with van der Waals surface area (Å²) < 4.78 is 11.4. The zero-order valence-electron chi connectivity index (χ0n) is 20.6. The Hall–Kier alpha value is -3.82. The van der Waals surface area contributed by atoms with E-state index in [-0.39, 0.29) is 5.92 Å². The minimum absolute atomic E-state index is 0.0752. The maximum atomic E-state index is 5.96. The van der Waals surface area contributed by atoms with Gasteiger partial charge in [0.2, 0.25) is 0 Å². The molecular weight excluding hydrogens is 430 g/mol. The Balaban J connectivity index is 1.64. The number of fused-ring (bicyclic) bond motifs is 3. The lowest BCUT2D eigenvalue weighted by Gasteiger charge is -2.22. The summed E-state index contributed by atoms with van der Waals surface area (Å²) in [5.74, 6) is 1.83. The third-order valence-electron chi connectivity index (χ3n) is 6.58. The van der Waals surface area contributed by atoms with Gasteiger partial charge in [-0.2, -0.15) is 0 Å². The summed E-state index contributed by atoms with van der Waals surface area (Å²) in [6.45, 7) is 1.56. The molecule has 176 valence electrons. The van der Waals surface area contributed by atoms with Crippen LogP contribution in [0.25, 0.3) is 21.5 Å². The molecule has 0 fully saturated rings. The summed E-state index contributed by atoms with van der Waals surface area (Å²) in [7, 11) is 5.82. The highest BCUT2D eigenvalue weighted by molar-refractivity contribution is 6.09. The maximum Gasteiger partial charge on any atom is 0.119 e. The lowest BCUT2D eigenvalue weighted by molar-refractivity contribution is 0.261. The Morgan fingerprint density at radius 1 is 0.657 bits per heavy atom. The summed E-state index contributed by atoms with van der Waals surface area (Å²) in [6, 6.07) is 36.7. The molecule has 1 atom stereocenters. The van der Waals surface area contributed by atoms with Crippen LogP contribution in [0.4, 0.5) is 0 Å². The quantitative estimate of drug-likeness (QED) is 0.181. The molecule has 0 saturated heterocycles. The van der Waals surface area contributed by atoms with Crippen molar-refractivity contribution in [2.24, 2.45) is 0 Å². The van der Waals surface area contributed by atoms with E-state index in [1.54, 1.807) is 7.11 Å². The number of hydrogen-bond acceptors (Lipinski definition) is 3. The van der Waals surface area contributed by atoms with Crippen LogP contribution in [0.1, 0.15) is 22.6 Å². The highest BCUT2D eigenvalue weighted by Gasteiger charge is 2.21. The van der Waals surface area contributed by atoms with Gasteiger partial charge in [-0.25, -0.2) is 0 Å². The Morgan fingerprint density at radius 3 is 1.86 bits per heavy atom. The van der Waals surface area contributed by atoms with Crippen molar-refractivity contribution < 1.29 is 9.47 Å². The highest BCUT2D eigenvalue weighted by Crippen LogP contribution is 2.40. The lowest BCUT2D eigenvalue weighted by Crippen LogP contribution is -2.19. The molecule has 0 aliphatic rings. The van der Waals surface area contributed by atoms with Gasteiger partial charge >= 0.3 is 0 Å². The third kappa shape index (κ3) is 4.87. The van der Waals surface area contributed by atoms with Gasteiger partial charge in [-0.1, -0.05) is 72.8 Å². The fraction of sp³-hybridized carbons (Fsp3) is 0.188. The van der Waals surface area contributed by atoms with Crippen molar-refractivity contribution >= 4 is 21.5 Å². The first kappa shape index (κ1) is 22.9. The van der Waals surface area contributed by atoms with E-state index < -0.39 is 0 Å². The van der Waals surface area contributed by atoms with Crippen LogP contribution in [-0.4, -0.2) is 39.3 Å². The summed E-state index contributed by atoms with van der Waals surface area (Å²) in [6.07, 6.45) is 0. The van der Waals surface area contributed by atoms with Crippen LogP contribution in [-0.2, 0) is 0 Å². The van der Waals surface area contributed by atoms with Crippen LogP contribution in [0.15, 0.2) is 103 Å². The average Bonchev–Trinajstić information content (AvgIpc) is 2.90. The van der Waals surface area contributed by atoms with Crippen molar-refractivity contribution in [3.05, 3.63) is 120 Å². The Bertz CT molecular complexity index is 1420. The van der Waals surface area contributed by atoms with E-state index >= 15 is 0 Å². The molecule has 0 aliphatic carbocycles. The molecule has 0 unspecified atom stereocenters. The number of methoxy groups -OCH3 is 1. The molecule has 35 heavy (non-hydrogen) atoms. The van der Waals surface area contributed by atoms with Gasteiger partial charge in [0, 0.05) is 12.5 Å². The predicted molar refractivity (Wildman–Crippen MR) is 146 cm³/mol. The van der Waals surface area contributed by atoms with Crippen molar-refractivity contribution in [1.29, 1.82) is 0 Å². The number of benzene rings is 5. The first-order valence-electron chi connectivity index (χ1n) is 12.1. The predicted octanol–water partition coefficient (Wildman–Crippen LogP) is 7.12. The smallest absolute Gasteiger partial charge is 0.119 e. The summed E-state index contributed by atoms with van der Waals surface area (Å²) in [5.41, 5.74) is 3.76. The Morgan fingerprint density at radius 2 is 1.23 bits per heavy atom. The molecule has 0 radical (unpaired) electrons. The van der Waals surface area contributed by atoms with Gasteiger partial charge in [0.15, 0.2) is 0 Å². The molecule has 5 aromatic carbocycles. The van der Waals surface area contributed by atoms with Crippen molar-refractivity contribution in [2.75, 3.05) is 34.4 Å². The summed E-state index contributed by atoms with van der Waals surface area (Å²) in [5, 5.41) is 5.09. The fourth-order valence-corrected chi connectivity index (χ4v) is 4.77. The summed E-state index contributed by atoms with van der Waals surface area (Å²) >= 11 is 0. The molecular formula is C32H31NO2. The topological polar surface area (TPSA) is 21.7 Å². The second kappa shape index (κ2) is 10.2. The first-order chi connectivity index (χ1) is 17.1. The number of nitrogens with zero attached hydrogens (tertiary/aromatic N) is 1. The van der Waals surface area contributed by atoms with Gasteiger partial charge < -0.3 is 14.4 Å². The highest BCUT2D eigenvalue weighted by atomic mass is 16.5. The van der Waals surface area contributed by atoms with Crippen molar-refractivity contribution in [2.45, 2.75) is 5.92 Å². The molecule has 0 aliphatic heterocycles. The van der Waals surface area contributed by atoms with Gasteiger partial charge in [0.25, 0.3) is 0 Å². The monoisotopic (exact) mass is 461 g/mol. The molecule has 0 spiro atoms. The van der Waals surface area contributed by atoms with Crippen LogP contribution in [0.2, 0.25) is 0 Å². The van der Waals surface area contributed by atoms with Crippen LogP contribution < -0.4 is 9.47 Å². The van der Waals surface area contributed by atoms with Gasteiger partial charge in [-0.05, 0) is 82.7 Å². The van der Waals surface area contributed by atoms with Crippen LogP contribution in [0, 0.1) is 0 Å². The van der Waals surface area contributed by atoms with E-state index in [9.17, 15) is 0 Å². The SMILES string of the molecule is COc1ccc([C@H](c2ccc(OCCN(C)C)cc2)c2cc3ccccc3c3ccccc23)cc1. The molecule has 0 heterocycles. The number of rotatable bonds is 8. The minimum atomic E-state index is 0.0752. The lowest BCUT2D eigenvalue weighted by atomic mass is 9.81. The molecule has 0 aromatic heterocycles. The number of likely N-dealkylation sites (N-methyl/N-ethyl adjacent to an activating group) is 1. The molecule has 0 amide bonds. The molecule has 3 heteroatoms. The zero-order chi connectivity index (χ0) is 24.2. The molecule has 5 aromatic rings. The average molecular weight is 462 g/mol. The second-order valence-corrected chi connectivity index (χ2v) is 9.16. The summed E-state index contributed by atoms with van der Waals surface area (Å²) in [4.78, 5) is 2.12. The standard InChI is InChI=1S/C32H31NO2/c1-33(2)20-21-35-27-18-14-24(15-19-27)32(23-12-16-26(34-3)17-13-23)31-22-25-8-4-5-9-28(25)29-10-6-7-11-30(29)31/h4-19,22,32H,20-21H2,1-3H3/t32-/m1/s1. The van der Waals surface area contributed by atoms with E-state index in [4.69, 9.17) is 9.47 Å². The first-order valence-corrected chi connectivity index (χ1v) is 12.1. The van der Waals surface area contributed by atoms with E-state index in [0.29, 0.717) is 6.61 Å². The van der Waals surface area contributed by atoms with Crippen LogP contribution in [0.5, 0.6) is 11.5 Å². The number of hydrogen-bond donors (Lipinski definition) is 0. The van der Waals surface area contributed by atoms with E-state index in [1.165, 1.54) is 38.2 Å². The van der Waals surface area contributed by atoms with E-state index in [2.05, 4.69) is 110 Å². The van der Waals surface area contributed by atoms with Gasteiger partial charge in [0.1, 0.15) is 18.1 Å². The van der Waals surface area contributed by atoms with Crippen LogP contribution >= 0.6 is 0 Å². The zero-order valence-corrected chi connectivity index (χ0v) is 20.6. The normalized spacial score (nSPS) is 12.2. The molecule has 0 bridgehead atoms. The minimum Gasteiger partial charge on any atom is -0.497 e. The van der Waals surface area contributed by atoms with Gasteiger partial charge in [0.05, 0.1) is 7.11 Å². The molecule has 3 nitrogen and oxygen atoms in total. The van der Waals surface area contributed by atoms with Gasteiger partial charge in [-0.3, -0.25) is 0 Å². The molecule has 0 N–H and O–H groups in total.